The molecule has 1 unspecified atom stereocenters. The fraction of sp³-hybridized carbons (Fsp3) is 0.273. The molecule has 0 aliphatic heterocycles. The Bertz CT molecular complexity index is 334. The molecule has 1 aromatic rings. The van der Waals surface area contributed by atoms with Crippen molar-refractivity contribution in [3.8, 4) is 5.75 Å². The minimum absolute atomic E-state index is 0.0528. The van der Waals surface area contributed by atoms with E-state index >= 15 is 0 Å². The fourth-order valence-corrected chi connectivity index (χ4v) is 1.13. The lowest BCUT2D eigenvalue weighted by Crippen LogP contribution is -2.09. The van der Waals surface area contributed by atoms with E-state index in [0.29, 0.717) is 5.56 Å². The zero-order chi connectivity index (χ0) is 10.6. The summed E-state index contributed by atoms with van der Waals surface area (Å²) >= 11 is 0. The molecule has 0 heterocycles. The van der Waals surface area contributed by atoms with E-state index in [1.54, 1.807) is 24.3 Å². The van der Waals surface area contributed by atoms with Crippen LogP contribution in [-0.2, 0) is 0 Å². The van der Waals surface area contributed by atoms with Gasteiger partial charge in [-0.15, -0.1) is 0 Å². The van der Waals surface area contributed by atoms with Gasteiger partial charge in [-0.05, 0) is 13.0 Å². The Hall–Kier alpha value is -1.35. The van der Waals surface area contributed by atoms with Gasteiger partial charge < -0.3 is 10.5 Å². The first-order valence-electron chi connectivity index (χ1n) is 4.41. The Morgan fingerprint density at radius 1 is 1.50 bits per heavy atom. The van der Waals surface area contributed by atoms with Gasteiger partial charge in [0.25, 0.3) is 0 Å². The third-order valence-electron chi connectivity index (χ3n) is 1.78. The summed E-state index contributed by atoms with van der Waals surface area (Å²) in [5, 5.41) is 0. The highest BCUT2D eigenvalue weighted by Gasteiger charge is 2.05. The number of hydrogen-bond donors (Lipinski definition) is 1. The van der Waals surface area contributed by atoms with Crippen molar-refractivity contribution in [2.24, 2.45) is 5.73 Å². The van der Waals surface area contributed by atoms with E-state index in [1.807, 2.05) is 6.92 Å². The van der Waals surface area contributed by atoms with Gasteiger partial charge in [-0.25, -0.2) is 4.39 Å². The van der Waals surface area contributed by atoms with Gasteiger partial charge in [-0.2, -0.15) is 0 Å². The van der Waals surface area contributed by atoms with Crippen LogP contribution in [0.3, 0.4) is 0 Å². The molecule has 1 aromatic carbocycles. The molecular formula is C11H14FNO. The lowest BCUT2D eigenvalue weighted by Gasteiger charge is -2.05. The van der Waals surface area contributed by atoms with Crippen LogP contribution in [0.4, 0.5) is 4.39 Å². The Labute approximate surface area is 83.2 Å². The summed E-state index contributed by atoms with van der Waals surface area (Å²) in [4.78, 5) is 0. The number of benzene rings is 1. The standard InChI is InChI=1S/C11H14FNO/c1-8(13)6-7-9-4-3-5-10(12)11(9)14-2/h3-8H,13H2,1-2H3/b7-6+. The Morgan fingerprint density at radius 3 is 2.79 bits per heavy atom. The van der Waals surface area contributed by atoms with Gasteiger partial charge in [0.15, 0.2) is 11.6 Å². The summed E-state index contributed by atoms with van der Waals surface area (Å²) in [6.45, 7) is 1.85. The molecule has 0 aliphatic carbocycles. The molecule has 2 N–H and O–H groups in total. The van der Waals surface area contributed by atoms with E-state index < -0.39 is 0 Å². The molecule has 0 spiro atoms. The number of hydrogen-bond acceptors (Lipinski definition) is 2. The maximum absolute atomic E-state index is 13.2. The van der Waals surface area contributed by atoms with Gasteiger partial charge in [0.05, 0.1) is 7.11 Å². The summed E-state index contributed by atoms with van der Waals surface area (Å²) in [6.07, 6.45) is 3.55. The van der Waals surface area contributed by atoms with Crippen LogP contribution in [0, 0.1) is 5.82 Å². The van der Waals surface area contributed by atoms with Crippen molar-refractivity contribution in [2.75, 3.05) is 7.11 Å². The van der Waals surface area contributed by atoms with Crippen LogP contribution in [0.5, 0.6) is 5.75 Å². The van der Waals surface area contributed by atoms with Crippen molar-refractivity contribution < 1.29 is 9.13 Å². The molecule has 0 radical (unpaired) electrons. The molecule has 0 amide bonds. The Kier molecular flexibility index (Phi) is 3.65. The molecule has 1 rings (SSSR count). The molecule has 0 aromatic heterocycles. The van der Waals surface area contributed by atoms with Crippen LogP contribution in [0.15, 0.2) is 24.3 Å². The fourth-order valence-electron chi connectivity index (χ4n) is 1.13. The molecule has 0 bridgehead atoms. The van der Waals surface area contributed by atoms with Crippen molar-refractivity contribution >= 4 is 6.08 Å². The molecule has 0 fully saturated rings. The van der Waals surface area contributed by atoms with Gasteiger partial charge in [-0.3, -0.25) is 0 Å². The number of ether oxygens (including phenoxy) is 1. The summed E-state index contributed by atoms with van der Waals surface area (Å²) in [5.41, 5.74) is 6.25. The molecule has 1 atom stereocenters. The summed E-state index contributed by atoms with van der Waals surface area (Å²) in [7, 11) is 1.45. The monoisotopic (exact) mass is 195 g/mol. The van der Waals surface area contributed by atoms with Crippen molar-refractivity contribution in [3.63, 3.8) is 0 Å². The first-order valence-corrected chi connectivity index (χ1v) is 4.41. The molecule has 3 heteroatoms. The van der Waals surface area contributed by atoms with E-state index in [9.17, 15) is 4.39 Å². The SMILES string of the molecule is COc1c(F)cccc1/C=C/C(C)N. The number of halogens is 1. The molecule has 14 heavy (non-hydrogen) atoms. The smallest absolute Gasteiger partial charge is 0.165 e. The third kappa shape index (κ3) is 2.57. The molecule has 0 aliphatic rings. The maximum Gasteiger partial charge on any atom is 0.165 e. The Balaban J connectivity index is 3.02. The van der Waals surface area contributed by atoms with Gasteiger partial charge >= 0.3 is 0 Å². The highest BCUT2D eigenvalue weighted by molar-refractivity contribution is 5.58. The molecular weight excluding hydrogens is 181 g/mol. The van der Waals surface area contributed by atoms with E-state index in [-0.39, 0.29) is 17.6 Å². The van der Waals surface area contributed by atoms with E-state index in [1.165, 1.54) is 13.2 Å². The second kappa shape index (κ2) is 4.77. The first kappa shape index (κ1) is 10.7. The number of rotatable bonds is 3. The minimum atomic E-state index is -0.362. The van der Waals surface area contributed by atoms with Gasteiger partial charge in [0, 0.05) is 11.6 Å². The van der Waals surface area contributed by atoms with Gasteiger partial charge in [0.1, 0.15) is 0 Å². The predicted molar refractivity (Wildman–Crippen MR) is 55.6 cm³/mol. The topological polar surface area (TPSA) is 35.2 Å². The summed E-state index contributed by atoms with van der Waals surface area (Å²) in [5.74, 6) is -0.108. The van der Waals surface area contributed by atoms with E-state index in [4.69, 9.17) is 10.5 Å². The van der Waals surface area contributed by atoms with Crippen molar-refractivity contribution in [3.05, 3.63) is 35.7 Å². The van der Waals surface area contributed by atoms with E-state index in [0.717, 1.165) is 0 Å². The third-order valence-corrected chi connectivity index (χ3v) is 1.78. The summed E-state index contributed by atoms with van der Waals surface area (Å²) < 4.78 is 18.1. The van der Waals surface area contributed by atoms with Crippen LogP contribution in [0.1, 0.15) is 12.5 Å². The maximum atomic E-state index is 13.2. The Morgan fingerprint density at radius 2 is 2.21 bits per heavy atom. The zero-order valence-electron chi connectivity index (χ0n) is 8.33. The van der Waals surface area contributed by atoms with Crippen LogP contribution in [-0.4, -0.2) is 13.2 Å². The van der Waals surface area contributed by atoms with Crippen molar-refractivity contribution in [2.45, 2.75) is 13.0 Å². The largest absolute Gasteiger partial charge is 0.493 e. The van der Waals surface area contributed by atoms with Gasteiger partial charge in [-0.1, -0.05) is 24.3 Å². The van der Waals surface area contributed by atoms with Crippen LogP contribution < -0.4 is 10.5 Å². The average molecular weight is 195 g/mol. The lowest BCUT2D eigenvalue weighted by molar-refractivity contribution is 0.385. The normalized spacial score (nSPS) is 13.1. The summed E-state index contributed by atoms with van der Waals surface area (Å²) in [6, 6.07) is 4.73. The van der Waals surface area contributed by atoms with Crippen LogP contribution in [0.25, 0.3) is 6.08 Å². The number of para-hydroxylation sites is 1. The average Bonchev–Trinajstić information content (AvgIpc) is 2.14. The molecule has 0 saturated heterocycles. The lowest BCUT2D eigenvalue weighted by atomic mass is 10.1. The second-order valence-corrected chi connectivity index (χ2v) is 3.08. The quantitative estimate of drug-likeness (QED) is 0.802. The van der Waals surface area contributed by atoms with Crippen molar-refractivity contribution in [1.82, 2.24) is 0 Å². The van der Waals surface area contributed by atoms with Crippen molar-refractivity contribution in [1.29, 1.82) is 0 Å². The zero-order valence-corrected chi connectivity index (χ0v) is 8.33. The molecule has 76 valence electrons. The molecule has 0 saturated carbocycles. The highest BCUT2D eigenvalue weighted by Crippen LogP contribution is 2.23. The predicted octanol–water partition coefficient (Wildman–Crippen LogP) is 2.19. The molecule has 2 nitrogen and oxygen atoms in total. The van der Waals surface area contributed by atoms with Gasteiger partial charge in [0.2, 0.25) is 0 Å². The highest BCUT2D eigenvalue weighted by atomic mass is 19.1. The second-order valence-electron chi connectivity index (χ2n) is 3.08. The minimum Gasteiger partial charge on any atom is -0.493 e. The number of nitrogens with two attached hydrogens (primary N) is 1. The number of methoxy groups -OCH3 is 1. The van der Waals surface area contributed by atoms with Crippen LogP contribution >= 0.6 is 0 Å². The first-order chi connectivity index (χ1) is 6.65. The van der Waals surface area contributed by atoms with Crippen LogP contribution in [0.2, 0.25) is 0 Å². The van der Waals surface area contributed by atoms with E-state index in [2.05, 4.69) is 0 Å².